The lowest BCUT2D eigenvalue weighted by Gasteiger charge is -2.38. The SMILES string of the molecule is CCN1CCC(N(Cc2ccc(F)cc2)C(=O)Nc2ccc(Cl)cc2)CC1. The minimum atomic E-state index is -0.271. The molecule has 1 fully saturated rings. The van der Waals surface area contributed by atoms with Crippen LogP contribution >= 0.6 is 11.6 Å². The smallest absolute Gasteiger partial charge is 0.317 e. The largest absolute Gasteiger partial charge is 0.322 e. The molecule has 1 aliphatic rings. The molecule has 1 saturated heterocycles. The molecule has 27 heavy (non-hydrogen) atoms. The summed E-state index contributed by atoms with van der Waals surface area (Å²) in [4.78, 5) is 17.3. The predicted octanol–water partition coefficient (Wildman–Crippen LogP) is 5.00. The first-order valence-corrected chi connectivity index (χ1v) is 9.73. The predicted molar refractivity (Wildman–Crippen MR) is 108 cm³/mol. The van der Waals surface area contributed by atoms with Gasteiger partial charge in [0.25, 0.3) is 0 Å². The fraction of sp³-hybridized carbons (Fsp3) is 0.381. The Morgan fingerprint density at radius 2 is 1.78 bits per heavy atom. The van der Waals surface area contributed by atoms with Gasteiger partial charge in [-0.2, -0.15) is 0 Å². The molecule has 0 radical (unpaired) electrons. The summed E-state index contributed by atoms with van der Waals surface area (Å²) in [6, 6.07) is 13.4. The van der Waals surface area contributed by atoms with E-state index in [4.69, 9.17) is 11.6 Å². The first-order valence-electron chi connectivity index (χ1n) is 9.35. The summed E-state index contributed by atoms with van der Waals surface area (Å²) < 4.78 is 13.2. The van der Waals surface area contributed by atoms with Gasteiger partial charge in [0, 0.05) is 36.4 Å². The standard InChI is InChI=1S/C21H25ClFN3O/c1-2-25-13-11-20(12-14-25)26(15-16-3-7-18(23)8-4-16)21(27)24-19-9-5-17(22)6-10-19/h3-10,20H,2,11-15H2,1H3,(H,24,27). The Hall–Kier alpha value is -2.11. The maximum atomic E-state index is 13.2. The highest BCUT2D eigenvalue weighted by Gasteiger charge is 2.27. The van der Waals surface area contributed by atoms with Crippen molar-refractivity contribution in [3.05, 3.63) is 64.9 Å². The number of benzene rings is 2. The molecule has 4 nitrogen and oxygen atoms in total. The topological polar surface area (TPSA) is 35.6 Å². The molecule has 6 heteroatoms. The Labute approximate surface area is 164 Å². The molecule has 1 N–H and O–H groups in total. The number of likely N-dealkylation sites (tertiary alicyclic amines) is 1. The highest BCUT2D eigenvalue weighted by Crippen LogP contribution is 2.21. The van der Waals surface area contributed by atoms with Crippen molar-refractivity contribution in [2.45, 2.75) is 32.4 Å². The van der Waals surface area contributed by atoms with Gasteiger partial charge in [-0.25, -0.2) is 9.18 Å². The van der Waals surface area contributed by atoms with E-state index in [1.54, 1.807) is 36.4 Å². The first kappa shape index (κ1) is 19.6. The summed E-state index contributed by atoms with van der Waals surface area (Å²) in [5.74, 6) is -0.271. The summed E-state index contributed by atoms with van der Waals surface area (Å²) >= 11 is 5.92. The second-order valence-corrected chi connectivity index (χ2v) is 7.29. The number of piperidine rings is 1. The molecule has 0 aromatic heterocycles. The summed E-state index contributed by atoms with van der Waals surface area (Å²) in [7, 11) is 0. The van der Waals surface area contributed by atoms with Crippen LogP contribution in [0.15, 0.2) is 48.5 Å². The summed E-state index contributed by atoms with van der Waals surface area (Å²) in [5.41, 5.74) is 1.63. The van der Waals surface area contributed by atoms with E-state index in [-0.39, 0.29) is 17.9 Å². The third-order valence-electron chi connectivity index (χ3n) is 5.07. The molecule has 1 aliphatic heterocycles. The molecular weight excluding hydrogens is 365 g/mol. The molecule has 2 aromatic carbocycles. The van der Waals surface area contributed by atoms with Crippen molar-refractivity contribution in [1.82, 2.24) is 9.80 Å². The number of hydrogen-bond acceptors (Lipinski definition) is 2. The molecule has 0 spiro atoms. The number of rotatable bonds is 5. The summed E-state index contributed by atoms with van der Waals surface area (Å²) in [5, 5.41) is 3.59. The normalized spacial score (nSPS) is 15.5. The number of nitrogens with zero attached hydrogens (tertiary/aromatic N) is 2. The van der Waals surface area contributed by atoms with Crippen molar-refractivity contribution < 1.29 is 9.18 Å². The van der Waals surface area contributed by atoms with Crippen LogP contribution in [0.2, 0.25) is 5.02 Å². The number of anilines is 1. The van der Waals surface area contributed by atoms with Crippen molar-refractivity contribution in [3.63, 3.8) is 0 Å². The van der Waals surface area contributed by atoms with Crippen LogP contribution in [0.4, 0.5) is 14.9 Å². The van der Waals surface area contributed by atoms with Gasteiger partial charge < -0.3 is 15.1 Å². The molecule has 0 aliphatic carbocycles. The Bertz CT molecular complexity index is 743. The zero-order valence-electron chi connectivity index (χ0n) is 15.5. The lowest BCUT2D eigenvalue weighted by molar-refractivity contribution is 0.126. The minimum Gasteiger partial charge on any atom is -0.317 e. The quantitative estimate of drug-likeness (QED) is 0.781. The van der Waals surface area contributed by atoms with Crippen LogP contribution in [-0.2, 0) is 6.54 Å². The Morgan fingerprint density at radius 1 is 1.15 bits per heavy atom. The van der Waals surface area contributed by atoms with Crippen LogP contribution in [0, 0.1) is 5.82 Å². The van der Waals surface area contributed by atoms with E-state index in [1.165, 1.54) is 12.1 Å². The molecule has 0 saturated carbocycles. The molecule has 2 aromatic rings. The number of carbonyl (C=O) groups is 1. The zero-order chi connectivity index (χ0) is 19.2. The van der Waals surface area contributed by atoms with Crippen molar-refractivity contribution >= 4 is 23.3 Å². The van der Waals surface area contributed by atoms with Gasteiger partial charge in [0.2, 0.25) is 0 Å². The molecule has 3 rings (SSSR count). The van der Waals surface area contributed by atoms with E-state index in [2.05, 4.69) is 17.1 Å². The van der Waals surface area contributed by atoms with E-state index >= 15 is 0 Å². The van der Waals surface area contributed by atoms with Crippen LogP contribution in [0.5, 0.6) is 0 Å². The average molecular weight is 390 g/mol. The van der Waals surface area contributed by atoms with E-state index in [0.717, 1.165) is 38.0 Å². The van der Waals surface area contributed by atoms with Crippen molar-refractivity contribution in [2.75, 3.05) is 25.0 Å². The molecule has 1 heterocycles. The van der Waals surface area contributed by atoms with E-state index in [9.17, 15) is 9.18 Å². The van der Waals surface area contributed by atoms with Gasteiger partial charge in [-0.1, -0.05) is 30.7 Å². The fourth-order valence-electron chi connectivity index (χ4n) is 3.43. The molecule has 144 valence electrons. The van der Waals surface area contributed by atoms with Gasteiger partial charge in [-0.15, -0.1) is 0 Å². The van der Waals surface area contributed by atoms with Crippen molar-refractivity contribution in [2.24, 2.45) is 0 Å². The number of halogens is 2. The lowest BCUT2D eigenvalue weighted by atomic mass is 10.0. The molecule has 0 atom stereocenters. The highest BCUT2D eigenvalue weighted by molar-refractivity contribution is 6.30. The van der Waals surface area contributed by atoms with Gasteiger partial charge in [0.15, 0.2) is 0 Å². The van der Waals surface area contributed by atoms with E-state index < -0.39 is 0 Å². The second-order valence-electron chi connectivity index (χ2n) is 6.86. The van der Waals surface area contributed by atoms with E-state index in [0.29, 0.717) is 17.3 Å². The number of nitrogens with one attached hydrogen (secondary N) is 1. The minimum absolute atomic E-state index is 0.142. The maximum absolute atomic E-state index is 13.2. The van der Waals surface area contributed by atoms with Gasteiger partial charge in [-0.3, -0.25) is 0 Å². The first-order chi connectivity index (χ1) is 13.0. The lowest BCUT2D eigenvalue weighted by Crippen LogP contribution is -2.48. The maximum Gasteiger partial charge on any atom is 0.322 e. The second kappa shape index (κ2) is 9.20. The van der Waals surface area contributed by atoms with Gasteiger partial charge in [-0.05, 0) is 61.3 Å². The third kappa shape index (κ3) is 5.44. The van der Waals surface area contributed by atoms with Crippen molar-refractivity contribution in [3.8, 4) is 0 Å². The molecule has 2 amide bonds. The summed E-state index contributed by atoms with van der Waals surface area (Å²) in [6.45, 7) is 5.60. The van der Waals surface area contributed by atoms with Gasteiger partial charge >= 0.3 is 6.03 Å². The number of hydrogen-bond donors (Lipinski definition) is 1. The van der Waals surface area contributed by atoms with Crippen LogP contribution in [-0.4, -0.2) is 41.5 Å². The van der Waals surface area contributed by atoms with Crippen LogP contribution in [0.25, 0.3) is 0 Å². The van der Waals surface area contributed by atoms with Gasteiger partial charge in [0.05, 0.1) is 0 Å². The highest BCUT2D eigenvalue weighted by atomic mass is 35.5. The number of amides is 2. The number of urea groups is 1. The Morgan fingerprint density at radius 3 is 2.37 bits per heavy atom. The monoisotopic (exact) mass is 389 g/mol. The summed E-state index contributed by atoms with van der Waals surface area (Å²) in [6.07, 6.45) is 1.87. The molecular formula is C21H25ClFN3O. The Kier molecular flexibility index (Phi) is 6.69. The Balaban J connectivity index is 1.74. The van der Waals surface area contributed by atoms with Crippen LogP contribution < -0.4 is 5.32 Å². The average Bonchev–Trinajstić information content (AvgIpc) is 2.69. The van der Waals surface area contributed by atoms with Gasteiger partial charge in [0.1, 0.15) is 5.82 Å². The molecule has 0 bridgehead atoms. The molecule has 0 unspecified atom stereocenters. The van der Waals surface area contributed by atoms with Crippen LogP contribution in [0.1, 0.15) is 25.3 Å². The van der Waals surface area contributed by atoms with Crippen LogP contribution in [0.3, 0.4) is 0 Å². The third-order valence-corrected chi connectivity index (χ3v) is 5.32. The van der Waals surface area contributed by atoms with E-state index in [1.807, 2.05) is 4.90 Å². The zero-order valence-corrected chi connectivity index (χ0v) is 16.3. The van der Waals surface area contributed by atoms with Crippen molar-refractivity contribution in [1.29, 1.82) is 0 Å². The number of carbonyl (C=O) groups excluding carboxylic acids is 1. The fourth-order valence-corrected chi connectivity index (χ4v) is 3.55.